The van der Waals surface area contributed by atoms with Crippen molar-refractivity contribution in [1.82, 2.24) is 15.3 Å². The molecule has 1 aromatic carbocycles. The van der Waals surface area contributed by atoms with Crippen molar-refractivity contribution in [2.45, 2.75) is 20.4 Å². The van der Waals surface area contributed by atoms with Gasteiger partial charge in [0.2, 0.25) is 0 Å². The van der Waals surface area contributed by atoms with E-state index >= 15 is 0 Å². The van der Waals surface area contributed by atoms with Crippen LogP contribution in [0.2, 0.25) is 5.02 Å². The highest BCUT2D eigenvalue weighted by Crippen LogP contribution is 2.24. The molecule has 0 amide bonds. The molecule has 0 unspecified atom stereocenters. The molecule has 0 aliphatic rings. The van der Waals surface area contributed by atoms with Crippen molar-refractivity contribution in [3.05, 3.63) is 47.2 Å². The summed E-state index contributed by atoms with van der Waals surface area (Å²) in [5, 5.41) is 4.05. The van der Waals surface area contributed by atoms with Crippen LogP contribution < -0.4 is 5.32 Å². The minimum absolute atomic E-state index is 0.630. The molecular weight excluding hydrogens is 258 g/mol. The third-order valence-electron chi connectivity index (χ3n) is 2.69. The lowest BCUT2D eigenvalue weighted by Gasteiger charge is -2.08. The van der Waals surface area contributed by atoms with Crippen molar-refractivity contribution in [3.8, 4) is 11.4 Å². The zero-order valence-corrected chi connectivity index (χ0v) is 12.0. The van der Waals surface area contributed by atoms with Crippen LogP contribution in [0.15, 0.2) is 36.5 Å². The summed E-state index contributed by atoms with van der Waals surface area (Å²) in [5.74, 6) is 1.30. The van der Waals surface area contributed by atoms with Gasteiger partial charge in [0.1, 0.15) is 0 Å². The average molecular weight is 276 g/mol. The maximum absolute atomic E-state index is 6.16. The zero-order valence-electron chi connectivity index (χ0n) is 11.2. The topological polar surface area (TPSA) is 37.8 Å². The molecule has 1 N–H and O–H groups in total. The predicted octanol–water partition coefficient (Wildman–Crippen LogP) is 3.54. The first kappa shape index (κ1) is 14.0. The molecule has 1 aromatic heterocycles. The smallest absolute Gasteiger partial charge is 0.160 e. The van der Waals surface area contributed by atoms with Crippen LogP contribution in [0.1, 0.15) is 19.5 Å². The Labute approximate surface area is 119 Å². The first-order chi connectivity index (χ1) is 9.16. The lowest BCUT2D eigenvalue weighted by Crippen LogP contribution is -2.19. The Kier molecular flexibility index (Phi) is 4.88. The normalized spacial score (nSPS) is 10.9. The fourth-order valence-electron chi connectivity index (χ4n) is 1.76. The van der Waals surface area contributed by atoms with E-state index in [1.54, 1.807) is 6.20 Å². The average Bonchev–Trinajstić information content (AvgIpc) is 2.39. The maximum atomic E-state index is 6.16. The molecule has 2 aromatic rings. The van der Waals surface area contributed by atoms with Gasteiger partial charge in [0.15, 0.2) is 5.82 Å². The van der Waals surface area contributed by atoms with E-state index in [0.717, 1.165) is 24.3 Å². The number of nitrogens with zero attached hydrogens (tertiary/aromatic N) is 2. The molecule has 4 heteroatoms. The van der Waals surface area contributed by atoms with Crippen LogP contribution in [-0.2, 0) is 6.54 Å². The lowest BCUT2D eigenvalue weighted by atomic mass is 10.2. The minimum atomic E-state index is 0.630. The van der Waals surface area contributed by atoms with Crippen molar-refractivity contribution in [1.29, 1.82) is 0 Å². The van der Waals surface area contributed by atoms with Crippen molar-refractivity contribution in [2.24, 2.45) is 5.92 Å². The molecule has 3 nitrogen and oxygen atoms in total. The molecule has 2 rings (SSSR count). The van der Waals surface area contributed by atoms with Gasteiger partial charge in [-0.05, 0) is 30.7 Å². The lowest BCUT2D eigenvalue weighted by molar-refractivity contribution is 0.548. The van der Waals surface area contributed by atoms with Crippen LogP contribution in [0.3, 0.4) is 0 Å². The molecule has 19 heavy (non-hydrogen) atoms. The summed E-state index contributed by atoms with van der Waals surface area (Å²) in [5.41, 5.74) is 1.85. The molecule has 0 aliphatic heterocycles. The monoisotopic (exact) mass is 275 g/mol. The van der Waals surface area contributed by atoms with Crippen molar-refractivity contribution in [2.75, 3.05) is 6.54 Å². The second-order valence-electron chi connectivity index (χ2n) is 4.88. The third kappa shape index (κ3) is 4.01. The minimum Gasteiger partial charge on any atom is -0.311 e. The summed E-state index contributed by atoms with van der Waals surface area (Å²) in [6.45, 7) is 6.09. The largest absolute Gasteiger partial charge is 0.311 e. The number of aromatic nitrogens is 2. The van der Waals surface area contributed by atoms with E-state index in [4.69, 9.17) is 11.6 Å². The maximum Gasteiger partial charge on any atom is 0.160 e. The van der Waals surface area contributed by atoms with Gasteiger partial charge in [0, 0.05) is 18.3 Å². The van der Waals surface area contributed by atoms with Gasteiger partial charge >= 0.3 is 0 Å². The van der Waals surface area contributed by atoms with E-state index in [9.17, 15) is 0 Å². The van der Waals surface area contributed by atoms with Crippen LogP contribution in [0.5, 0.6) is 0 Å². The summed E-state index contributed by atoms with van der Waals surface area (Å²) in [6, 6.07) is 9.55. The molecule has 100 valence electrons. The summed E-state index contributed by atoms with van der Waals surface area (Å²) < 4.78 is 0. The predicted molar refractivity (Wildman–Crippen MR) is 79.0 cm³/mol. The Morgan fingerprint density at radius 1 is 1.21 bits per heavy atom. The number of hydrogen-bond donors (Lipinski definition) is 1. The van der Waals surface area contributed by atoms with Gasteiger partial charge in [-0.1, -0.05) is 37.6 Å². The van der Waals surface area contributed by atoms with Gasteiger partial charge in [-0.3, -0.25) is 0 Å². The molecular formula is C15H18ClN3. The SMILES string of the molecule is CC(C)CNCc1ccnc(-c2ccccc2Cl)n1. The molecule has 1 heterocycles. The first-order valence-electron chi connectivity index (χ1n) is 6.44. The highest BCUT2D eigenvalue weighted by Gasteiger charge is 2.06. The Balaban J connectivity index is 2.13. The molecule has 0 atom stereocenters. The van der Waals surface area contributed by atoms with Crippen LogP contribution in [-0.4, -0.2) is 16.5 Å². The number of halogens is 1. The fraction of sp³-hybridized carbons (Fsp3) is 0.333. The summed E-state index contributed by atoms with van der Waals surface area (Å²) in [4.78, 5) is 8.83. The van der Waals surface area contributed by atoms with E-state index in [0.29, 0.717) is 16.8 Å². The van der Waals surface area contributed by atoms with Gasteiger partial charge in [-0.15, -0.1) is 0 Å². The Bertz CT molecular complexity index is 540. The number of rotatable bonds is 5. The Hall–Kier alpha value is -1.45. The summed E-state index contributed by atoms with van der Waals surface area (Å²) >= 11 is 6.16. The number of nitrogens with one attached hydrogen (secondary N) is 1. The quantitative estimate of drug-likeness (QED) is 0.907. The van der Waals surface area contributed by atoms with Crippen LogP contribution in [0, 0.1) is 5.92 Å². The van der Waals surface area contributed by atoms with Gasteiger partial charge in [0.25, 0.3) is 0 Å². The first-order valence-corrected chi connectivity index (χ1v) is 6.82. The Morgan fingerprint density at radius 3 is 2.74 bits per heavy atom. The van der Waals surface area contributed by atoms with Crippen molar-refractivity contribution in [3.63, 3.8) is 0 Å². The number of hydrogen-bond acceptors (Lipinski definition) is 3. The highest BCUT2D eigenvalue weighted by atomic mass is 35.5. The molecule has 0 saturated heterocycles. The van der Waals surface area contributed by atoms with E-state index in [1.807, 2.05) is 30.3 Å². The molecule has 0 bridgehead atoms. The molecule has 0 radical (unpaired) electrons. The summed E-state index contributed by atoms with van der Waals surface area (Å²) in [7, 11) is 0. The zero-order chi connectivity index (χ0) is 13.7. The molecule has 0 aliphatic carbocycles. The van der Waals surface area contributed by atoms with Crippen LogP contribution in [0.25, 0.3) is 11.4 Å². The highest BCUT2D eigenvalue weighted by molar-refractivity contribution is 6.33. The van der Waals surface area contributed by atoms with Crippen LogP contribution >= 0.6 is 11.6 Å². The van der Waals surface area contributed by atoms with Crippen molar-refractivity contribution >= 4 is 11.6 Å². The van der Waals surface area contributed by atoms with Gasteiger partial charge in [-0.25, -0.2) is 9.97 Å². The molecule has 0 saturated carbocycles. The van der Waals surface area contributed by atoms with Crippen LogP contribution in [0.4, 0.5) is 0 Å². The fourth-order valence-corrected chi connectivity index (χ4v) is 1.98. The second-order valence-corrected chi connectivity index (χ2v) is 5.28. The molecule has 0 spiro atoms. The van der Waals surface area contributed by atoms with Crippen molar-refractivity contribution < 1.29 is 0 Å². The van der Waals surface area contributed by atoms with Gasteiger partial charge < -0.3 is 5.32 Å². The van der Waals surface area contributed by atoms with E-state index in [2.05, 4.69) is 29.1 Å². The number of benzene rings is 1. The van der Waals surface area contributed by atoms with Gasteiger partial charge in [-0.2, -0.15) is 0 Å². The van der Waals surface area contributed by atoms with E-state index in [-0.39, 0.29) is 0 Å². The Morgan fingerprint density at radius 2 is 2.00 bits per heavy atom. The van der Waals surface area contributed by atoms with E-state index < -0.39 is 0 Å². The third-order valence-corrected chi connectivity index (χ3v) is 3.02. The summed E-state index contributed by atoms with van der Waals surface area (Å²) in [6.07, 6.45) is 1.78. The van der Waals surface area contributed by atoms with Gasteiger partial charge in [0.05, 0.1) is 10.7 Å². The second kappa shape index (κ2) is 6.64. The van der Waals surface area contributed by atoms with E-state index in [1.165, 1.54) is 0 Å². The molecule has 0 fully saturated rings. The standard InChI is InChI=1S/C15H18ClN3/c1-11(2)9-17-10-12-7-8-18-15(19-12)13-5-3-4-6-14(13)16/h3-8,11,17H,9-10H2,1-2H3.